The van der Waals surface area contributed by atoms with Crippen LogP contribution in [0.1, 0.15) is 11.4 Å². The fraction of sp³-hybridized carbons (Fsp3) is 0.273. The van der Waals surface area contributed by atoms with Gasteiger partial charge in [0.2, 0.25) is 0 Å². The molecule has 0 atom stereocenters. The molecule has 0 bridgehead atoms. The van der Waals surface area contributed by atoms with Gasteiger partial charge in [0.15, 0.2) is 5.82 Å². The van der Waals surface area contributed by atoms with E-state index in [1.807, 2.05) is 0 Å². The Hall–Kier alpha value is -1.98. The predicted octanol–water partition coefficient (Wildman–Crippen LogP) is 2.01. The minimum atomic E-state index is -0.615. The molecule has 1 heterocycles. The summed E-state index contributed by atoms with van der Waals surface area (Å²) >= 11 is 0. The van der Waals surface area contributed by atoms with E-state index >= 15 is 0 Å². The molecule has 17 heavy (non-hydrogen) atoms. The van der Waals surface area contributed by atoms with Crippen molar-refractivity contribution in [3.63, 3.8) is 0 Å². The molecule has 0 unspecified atom stereocenters. The molecular formula is C11H12F2N4. The Morgan fingerprint density at radius 2 is 2.12 bits per heavy atom. The molecule has 0 aliphatic carbocycles. The third kappa shape index (κ3) is 2.25. The van der Waals surface area contributed by atoms with Crippen molar-refractivity contribution in [2.24, 2.45) is 7.05 Å². The number of hydrogen-bond acceptors (Lipinski definition) is 3. The molecule has 2 aromatic rings. The summed E-state index contributed by atoms with van der Waals surface area (Å²) < 4.78 is 28.6. The van der Waals surface area contributed by atoms with Crippen molar-refractivity contribution in [3.8, 4) is 0 Å². The van der Waals surface area contributed by atoms with Crippen molar-refractivity contribution in [1.29, 1.82) is 0 Å². The van der Waals surface area contributed by atoms with Gasteiger partial charge >= 0.3 is 0 Å². The number of nitrogens with zero attached hydrogens (tertiary/aromatic N) is 3. The minimum absolute atomic E-state index is 0.131. The Kier molecular flexibility index (Phi) is 3.03. The molecule has 1 aromatic carbocycles. The molecule has 90 valence electrons. The topological polar surface area (TPSA) is 42.7 Å². The van der Waals surface area contributed by atoms with Crippen LogP contribution >= 0.6 is 0 Å². The Labute approximate surface area is 97.3 Å². The highest BCUT2D eigenvalue weighted by Gasteiger charge is 2.11. The highest BCUT2D eigenvalue weighted by molar-refractivity contribution is 5.48. The lowest BCUT2D eigenvalue weighted by atomic mass is 10.2. The normalized spacial score (nSPS) is 10.6. The Bertz CT molecular complexity index is 536. The zero-order valence-electron chi connectivity index (χ0n) is 9.54. The van der Waals surface area contributed by atoms with Gasteiger partial charge in [0, 0.05) is 7.05 Å². The third-order valence-corrected chi connectivity index (χ3v) is 2.51. The number of benzene rings is 1. The molecule has 0 radical (unpaired) electrons. The highest BCUT2D eigenvalue weighted by Crippen LogP contribution is 2.21. The summed E-state index contributed by atoms with van der Waals surface area (Å²) in [6, 6.07) is 2.63. The fourth-order valence-electron chi connectivity index (χ4n) is 1.47. The number of hydrogen-bond donors (Lipinski definition) is 1. The summed E-state index contributed by atoms with van der Waals surface area (Å²) in [5.41, 5.74) is 0.264. The Morgan fingerprint density at radius 3 is 2.76 bits per heavy atom. The van der Waals surface area contributed by atoms with E-state index < -0.39 is 11.6 Å². The van der Waals surface area contributed by atoms with Crippen LogP contribution in [0.15, 0.2) is 18.5 Å². The fourth-order valence-corrected chi connectivity index (χ4v) is 1.47. The second kappa shape index (κ2) is 4.48. The molecule has 2 rings (SSSR count). The average Bonchev–Trinajstić information content (AvgIpc) is 2.70. The van der Waals surface area contributed by atoms with Gasteiger partial charge in [-0.25, -0.2) is 13.8 Å². The highest BCUT2D eigenvalue weighted by atomic mass is 19.1. The van der Waals surface area contributed by atoms with E-state index in [0.717, 1.165) is 0 Å². The number of aromatic nitrogens is 3. The molecule has 0 aliphatic heterocycles. The van der Waals surface area contributed by atoms with Crippen LogP contribution in [0.3, 0.4) is 0 Å². The maximum Gasteiger partial charge on any atom is 0.152 e. The van der Waals surface area contributed by atoms with E-state index in [1.165, 1.54) is 18.5 Å². The van der Waals surface area contributed by atoms with Crippen LogP contribution in [0.4, 0.5) is 14.5 Å². The molecule has 4 nitrogen and oxygen atoms in total. The molecule has 0 saturated carbocycles. The number of rotatable bonds is 3. The Morgan fingerprint density at radius 1 is 1.35 bits per heavy atom. The lowest BCUT2D eigenvalue weighted by molar-refractivity contribution is 0.581. The largest absolute Gasteiger partial charge is 0.373 e. The van der Waals surface area contributed by atoms with Crippen LogP contribution < -0.4 is 5.32 Å². The molecule has 0 aliphatic rings. The Balaban J connectivity index is 2.20. The first-order valence-corrected chi connectivity index (χ1v) is 5.11. The van der Waals surface area contributed by atoms with Gasteiger partial charge in [-0.15, -0.1) is 0 Å². The van der Waals surface area contributed by atoms with Crippen LogP contribution in [0.2, 0.25) is 0 Å². The van der Waals surface area contributed by atoms with Crippen molar-refractivity contribution >= 4 is 5.69 Å². The molecular weight excluding hydrogens is 226 g/mol. The summed E-state index contributed by atoms with van der Waals surface area (Å²) in [4.78, 5) is 3.96. The summed E-state index contributed by atoms with van der Waals surface area (Å²) in [5, 5.41) is 6.56. The van der Waals surface area contributed by atoms with Gasteiger partial charge in [-0.1, -0.05) is 6.07 Å². The van der Waals surface area contributed by atoms with E-state index in [-0.39, 0.29) is 12.2 Å². The van der Waals surface area contributed by atoms with E-state index in [1.54, 1.807) is 18.7 Å². The predicted molar refractivity (Wildman–Crippen MR) is 59.4 cm³/mol. The summed E-state index contributed by atoms with van der Waals surface area (Å²) in [7, 11) is 1.72. The van der Waals surface area contributed by atoms with Crippen LogP contribution in [0, 0.1) is 18.6 Å². The van der Waals surface area contributed by atoms with Crippen molar-refractivity contribution in [2.45, 2.75) is 13.5 Å². The van der Waals surface area contributed by atoms with Gasteiger partial charge in [0.05, 0.1) is 6.54 Å². The maximum absolute atomic E-state index is 13.6. The van der Waals surface area contributed by atoms with E-state index in [4.69, 9.17) is 0 Å². The molecule has 1 aromatic heterocycles. The van der Waals surface area contributed by atoms with Crippen LogP contribution in [0.5, 0.6) is 0 Å². The van der Waals surface area contributed by atoms with Crippen LogP contribution in [-0.4, -0.2) is 14.8 Å². The molecule has 0 fully saturated rings. The molecule has 1 N–H and O–H groups in total. The van der Waals surface area contributed by atoms with E-state index in [2.05, 4.69) is 15.4 Å². The SMILES string of the molecule is Cc1ccc(F)c(NCc2ncnn2C)c1F. The molecule has 6 heteroatoms. The zero-order chi connectivity index (χ0) is 12.4. The van der Waals surface area contributed by atoms with Crippen molar-refractivity contribution in [2.75, 3.05) is 5.32 Å². The molecule has 0 spiro atoms. The van der Waals surface area contributed by atoms with Gasteiger partial charge in [-0.3, -0.25) is 4.68 Å². The number of aryl methyl sites for hydroxylation is 2. The van der Waals surface area contributed by atoms with Crippen molar-refractivity contribution < 1.29 is 8.78 Å². The molecule has 0 amide bonds. The van der Waals surface area contributed by atoms with Crippen LogP contribution in [-0.2, 0) is 13.6 Å². The third-order valence-electron chi connectivity index (χ3n) is 2.51. The minimum Gasteiger partial charge on any atom is -0.373 e. The van der Waals surface area contributed by atoms with Gasteiger partial charge in [-0.05, 0) is 18.6 Å². The number of anilines is 1. The summed E-state index contributed by atoms with van der Waals surface area (Å²) in [5.74, 6) is -0.590. The first-order chi connectivity index (χ1) is 8.09. The van der Waals surface area contributed by atoms with Gasteiger partial charge < -0.3 is 5.32 Å². The second-order valence-electron chi connectivity index (χ2n) is 3.71. The van der Waals surface area contributed by atoms with Crippen molar-refractivity contribution in [3.05, 3.63) is 41.5 Å². The number of nitrogens with one attached hydrogen (secondary N) is 1. The van der Waals surface area contributed by atoms with Gasteiger partial charge in [-0.2, -0.15) is 5.10 Å². The standard InChI is InChI=1S/C11H12F2N4/c1-7-3-4-8(12)11(10(7)13)14-5-9-15-6-16-17(9)2/h3-4,6,14H,5H2,1-2H3. The van der Waals surface area contributed by atoms with Gasteiger partial charge in [0.25, 0.3) is 0 Å². The monoisotopic (exact) mass is 238 g/mol. The average molecular weight is 238 g/mol. The van der Waals surface area contributed by atoms with E-state index in [0.29, 0.717) is 11.4 Å². The maximum atomic E-state index is 13.6. The lowest BCUT2D eigenvalue weighted by Crippen LogP contribution is -2.09. The number of halogens is 2. The molecule has 0 saturated heterocycles. The first kappa shape index (κ1) is 11.5. The van der Waals surface area contributed by atoms with E-state index in [9.17, 15) is 8.78 Å². The summed E-state index contributed by atoms with van der Waals surface area (Å²) in [6.45, 7) is 1.80. The van der Waals surface area contributed by atoms with Crippen LogP contribution in [0.25, 0.3) is 0 Å². The quantitative estimate of drug-likeness (QED) is 0.889. The smallest absolute Gasteiger partial charge is 0.152 e. The summed E-state index contributed by atoms with van der Waals surface area (Å²) in [6.07, 6.45) is 1.39. The first-order valence-electron chi connectivity index (χ1n) is 5.11. The zero-order valence-corrected chi connectivity index (χ0v) is 9.54. The van der Waals surface area contributed by atoms with Gasteiger partial charge in [0.1, 0.15) is 23.7 Å². The lowest BCUT2D eigenvalue weighted by Gasteiger charge is -2.09. The van der Waals surface area contributed by atoms with Crippen molar-refractivity contribution in [1.82, 2.24) is 14.8 Å². The second-order valence-corrected chi connectivity index (χ2v) is 3.71.